The zero-order valence-electron chi connectivity index (χ0n) is 8.66. The Hall–Kier alpha value is -1.77. The van der Waals surface area contributed by atoms with Crippen molar-refractivity contribution in [3.05, 3.63) is 36.0 Å². The summed E-state index contributed by atoms with van der Waals surface area (Å²) in [5.41, 5.74) is 7.43. The van der Waals surface area contributed by atoms with E-state index in [1.165, 1.54) is 0 Å². The lowest BCUT2D eigenvalue weighted by molar-refractivity contribution is -0.119. The van der Waals surface area contributed by atoms with Gasteiger partial charge >= 0.3 is 0 Å². The summed E-state index contributed by atoms with van der Waals surface area (Å²) in [5.74, 6) is -0.434. The molecule has 1 aromatic heterocycles. The number of amides is 1. The van der Waals surface area contributed by atoms with E-state index in [0.29, 0.717) is 0 Å². The SMILES string of the molecule is CCC(C(N)=O)c1ccc2[nH]ccc2c1. The predicted octanol–water partition coefficient (Wildman–Crippen LogP) is 2.15. The van der Waals surface area contributed by atoms with E-state index >= 15 is 0 Å². The molecule has 0 spiro atoms. The third-order valence-corrected chi connectivity index (χ3v) is 2.73. The molecule has 1 heterocycles. The van der Waals surface area contributed by atoms with Gasteiger partial charge in [0.25, 0.3) is 0 Å². The van der Waals surface area contributed by atoms with E-state index in [1.54, 1.807) is 0 Å². The van der Waals surface area contributed by atoms with Crippen molar-refractivity contribution in [3.8, 4) is 0 Å². The maximum atomic E-state index is 11.2. The van der Waals surface area contributed by atoms with Crippen molar-refractivity contribution in [1.82, 2.24) is 4.98 Å². The molecule has 0 aliphatic rings. The van der Waals surface area contributed by atoms with Crippen molar-refractivity contribution >= 4 is 16.8 Å². The molecular formula is C12H14N2O. The molecule has 0 fully saturated rings. The van der Waals surface area contributed by atoms with Crippen molar-refractivity contribution in [2.45, 2.75) is 19.3 Å². The first kappa shape index (κ1) is 9.77. The molecular weight excluding hydrogens is 188 g/mol. The van der Waals surface area contributed by atoms with Gasteiger partial charge in [-0.2, -0.15) is 0 Å². The van der Waals surface area contributed by atoms with Gasteiger partial charge < -0.3 is 10.7 Å². The summed E-state index contributed by atoms with van der Waals surface area (Å²) in [6.45, 7) is 1.97. The quantitative estimate of drug-likeness (QED) is 0.787. The van der Waals surface area contributed by atoms with Crippen molar-refractivity contribution in [2.75, 3.05) is 0 Å². The Kier molecular flexibility index (Phi) is 2.46. The van der Waals surface area contributed by atoms with Crippen LogP contribution in [0.15, 0.2) is 30.5 Å². The highest BCUT2D eigenvalue weighted by Gasteiger charge is 2.15. The van der Waals surface area contributed by atoms with Gasteiger partial charge in [0, 0.05) is 11.7 Å². The average molecular weight is 202 g/mol. The number of primary amides is 1. The van der Waals surface area contributed by atoms with E-state index in [9.17, 15) is 4.79 Å². The Morgan fingerprint density at radius 1 is 1.47 bits per heavy atom. The average Bonchev–Trinajstić information content (AvgIpc) is 2.65. The van der Waals surface area contributed by atoms with Gasteiger partial charge in [0.15, 0.2) is 0 Å². The number of hydrogen-bond acceptors (Lipinski definition) is 1. The molecule has 15 heavy (non-hydrogen) atoms. The lowest BCUT2D eigenvalue weighted by Gasteiger charge is -2.10. The molecule has 0 saturated heterocycles. The van der Waals surface area contributed by atoms with Crippen molar-refractivity contribution in [1.29, 1.82) is 0 Å². The first-order chi connectivity index (χ1) is 7.22. The lowest BCUT2D eigenvalue weighted by atomic mass is 9.95. The smallest absolute Gasteiger partial charge is 0.224 e. The van der Waals surface area contributed by atoms with E-state index in [4.69, 9.17) is 5.73 Å². The number of fused-ring (bicyclic) bond motifs is 1. The van der Waals surface area contributed by atoms with Crippen LogP contribution >= 0.6 is 0 Å². The molecule has 2 aromatic rings. The molecule has 1 atom stereocenters. The topological polar surface area (TPSA) is 58.9 Å². The Labute approximate surface area is 88.3 Å². The van der Waals surface area contributed by atoms with Crippen LogP contribution in [0.2, 0.25) is 0 Å². The number of carbonyl (C=O) groups is 1. The Bertz CT molecular complexity index is 487. The second kappa shape index (κ2) is 3.77. The summed E-state index contributed by atoms with van der Waals surface area (Å²) < 4.78 is 0. The van der Waals surface area contributed by atoms with Crippen LogP contribution in [-0.2, 0) is 4.79 Å². The maximum absolute atomic E-state index is 11.2. The first-order valence-corrected chi connectivity index (χ1v) is 5.08. The number of benzene rings is 1. The number of aromatic amines is 1. The van der Waals surface area contributed by atoms with Gasteiger partial charge in [-0.3, -0.25) is 4.79 Å². The van der Waals surface area contributed by atoms with Crippen LogP contribution < -0.4 is 5.73 Å². The number of nitrogens with one attached hydrogen (secondary N) is 1. The molecule has 3 N–H and O–H groups in total. The molecule has 0 bridgehead atoms. The van der Waals surface area contributed by atoms with Gasteiger partial charge in [0.05, 0.1) is 5.92 Å². The Morgan fingerprint density at radius 3 is 2.93 bits per heavy atom. The third-order valence-electron chi connectivity index (χ3n) is 2.73. The lowest BCUT2D eigenvalue weighted by Crippen LogP contribution is -2.20. The molecule has 0 radical (unpaired) electrons. The minimum absolute atomic E-state index is 0.177. The molecule has 3 nitrogen and oxygen atoms in total. The molecule has 1 amide bonds. The third kappa shape index (κ3) is 1.73. The number of nitrogens with two attached hydrogens (primary N) is 1. The van der Waals surface area contributed by atoms with Crippen molar-refractivity contribution in [2.24, 2.45) is 5.73 Å². The van der Waals surface area contributed by atoms with Gasteiger partial charge in [0.1, 0.15) is 0 Å². The molecule has 2 rings (SSSR count). The summed E-state index contributed by atoms with van der Waals surface area (Å²) in [4.78, 5) is 14.3. The standard InChI is InChI=1S/C12H14N2O/c1-2-10(12(13)15)8-3-4-11-9(7-8)5-6-14-11/h3-7,10,14H,2H2,1H3,(H2,13,15). The molecule has 0 aliphatic heterocycles. The minimum Gasteiger partial charge on any atom is -0.369 e. The van der Waals surface area contributed by atoms with Crippen LogP contribution in [0.4, 0.5) is 0 Å². The van der Waals surface area contributed by atoms with Crippen LogP contribution in [0.5, 0.6) is 0 Å². The second-order valence-electron chi connectivity index (χ2n) is 3.69. The largest absolute Gasteiger partial charge is 0.369 e. The molecule has 78 valence electrons. The number of rotatable bonds is 3. The maximum Gasteiger partial charge on any atom is 0.224 e. The van der Waals surface area contributed by atoms with Gasteiger partial charge in [-0.15, -0.1) is 0 Å². The fourth-order valence-corrected chi connectivity index (χ4v) is 1.89. The fraction of sp³-hybridized carbons (Fsp3) is 0.250. The molecule has 0 saturated carbocycles. The normalized spacial score (nSPS) is 12.9. The summed E-state index contributed by atoms with van der Waals surface area (Å²) in [7, 11) is 0. The predicted molar refractivity (Wildman–Crippen MR) is 60.5 cm³/mol. The monoisotopic (exact) mass is 202 g/mol. The fourth-order valence-electron chi connectivity index (χ4n) is 1.89. The molecule has 0 aliphatic carbocycles. The first-order valence-electron chi connectivity index (χ1n) is 5.08. The number of carbonyl (C=O) groups excluding carboxylic acids is 1. The van der Waals surface area contributed by atoms with Crippen LogP contribution in [0, 0.1) is 0 Å². The second-order valence-corrected chi connectivity index (χ2v) is 3.69. The summed E-state index contributed by atoms with van der Waals surface area (Å²) >= 11 is 0. The molecule has 1 aromatic carbocycles. The summed E-state index contributed by atoms with van der Waals surface area (Å²) in [6.07, 6.45) is 2.63. The summed E-state index contributed by atoms with van der Waals surface area (Å²) in [6, 6.07) is 7.95. The van der Waals surface area contributed by atoms with E-state index in [0.717, 1.165) is 22.9 Å². The van der Waals surface area contributed by atoms with Crippen LogP contribution in [0.25, 0.3) is 10.9 Å². The number of aromatic nitrogens is 1. The number of H-pyrrole nitrogens is 1. The highest BCUT2D eigenvalue weighted by molar-refractivity contribution is 5.85. The van der Waals surface area contributed by atoms with Crippen LogP contribution in [0.3, 0.4) is 0 Å². The van der Waals surface area contributed by atoms with E-state index < -0.39 is 0 Å². The van der Waals surface area contributed by atoms with Crippen LogP contribution in [-0.4, -0.2) is 10.9 Å². The zero-order valence-corrected chi connectivity index (χ0v) is 8.66. The van der Waals surface area contributed by atoms with Gasteiger partial charge in [0.2, 0.25) is 5.91 Å². The van der Waals surface area contributed by atoms with E-state index in [-0.39, 0.29) is 11.8 Å². The minimum atomic E-state index is -0.257. The van der Waals surface area contributed by atoms with Crippen molar-refractivity contribution < 1.29 is 4.79 Å². The van der Waals surface area contributed by atoms with Crippen LogP contribution in [0.1, 0.15) is 24.8 Å². The van der Waals surface area contributed by atoms with Gasteiger partial charge in [-0.25, -0.2) is 0 Å². The van der Waals surface area contributed by atoms with Gasteiger partial charge in [-0.1, -0.05) is 13.0 Å². The highest BCUT2D eigenvalue weighted by atomic mass is 16.1. The summed E-state index contributed by atoms with van der Waals surface area (Å²) in [5, 5.41) is 1.12. The zero-order chi connectivity index (χ0) is 10.8. The Morgan fingerprint density at radius 2 is 2.27 bits per heavy atom. The number of hydrogen-bond donors (Lipinski definition) is 2. The van der Waals surface area contributed by atoms with E-state index in [1.807, 2.05) is 37.4 Å². The van der Waals surface area contributed by atoms with Gasteiger partial charge in [-0.05, 0) is 35.6 Å². The van der Waals surface area contributed by atoms with E-state index in [2.05, 4.69) is 4.98 Å². The Balaban J connectivity index is 2.46. The highest BCUT2D eigenvalue weighted by Crippen LogP contribution is 2.23. The molecule has 1 unspecified atom stereocenters. The molecule has 3 heteroatoms. The van der Waals surface area contributed by atoms with Crippen molar-refractivity contribution in [3.63, 3.8) is 0 Å².